The molecule has 1 aliphatic heterocycles. The lowest BCUT2D eigenvalue weighted by Gasteiger charge is -2.33. The molecule has 0 atom stereocenters. The zero-order chi connectivity index (χ0) is 23.3. The predicted octanol–water partition coefficient (Wildman–Crippen LogP) is 3.68. The first-order valence-corrected chi connectivity index (χ1v) is 12.4. The Bertz CT molecular complexity index is 1170. The summed E-state index contributed by atoms with van der Waals surface area (Å²) >= 11 is 0. The average molecular weight is 465 g/mol. The van der Waals surface area contributed by atoms with Gasteiger partial charge in [-0.1, -0.05) is 35.9 Å². The number of aryl methyl sites for hydroxylation is 1. The van der Waals surface area contributed by atoms with Gasteiger partial charge in [0, 0.05) is 43.2 Å². The van der Waals surface area contributed by atoms with Crippen molar-refractivity contribution in [3.05, 3.63) is 84.4 Å². The zero-order valence-electron chi connectivity index (χ0n) is 18.6. The maximum atomic E-state index is 12.8. The summed E-state index contributed by atoms with van der Waals surface area (Å²) in [5.41, 5.74) is 3.68. The highest BCUT2D eigenvalue weighted by molar-refractivity contribution is 7.89. The van der Waals surface area contributed by atoms with Gasteiger partial charge in [-0.3, -0.25) is 9.69 Å². The minimum Gasteiger partial charge on any atom is -0.356 e. The molecule has 1 amide bonds. The van der Waals surface area contributed by atoms with Gasteiger partial charge < -0.3 is 10.6 Å². The fourth-order valence-corrected chi connectivity index (χ4v) is 5.14. The summed E-state index contributed by atoms with van der Waals surface area (Å²) in [5, 5.41) is 6.22. The Morgan fingerprint density at radius 1 is 0.788 bits per heavy atom. The van der Waals surface area contributed by atoms with Crippen molar-refractivity contribution in [2.75, 3.05) is 43.4 Å². The second kappa shape index (κ2) is 10.2. The zero-order valence-corrected chi connectivity index (χ0v) is 19.4. The van der Waals surface area contributed by atoms with Gasteiger partial charge >= 0.3 is 0 Å². The van der Waals surface area contributed by atoms with Gasteiger partial charge in [0.25, 0.3) is 0 Å². The van der Waals surface area contributed by atoms with E-state index in [4.69, 9.17) is 0 Å². The molecule has 8 heteroatoms. The molecule has 0 aromatic heterocycles. The van der Waals surface area contributed by atoms with Crippen LogP contribution in [-0.4, -0.2) is 56.3 Å². The molecule has 0 spiro atoms. The van der Waals surface area contributed by atoms with Crippen LogP contribution in [0.4, 0.5) is 17.1 Å². The van der Waals surface area contributed by atoms with Gasteiger partial charge in [-0.2, -0.15) is 4.31 Å². The van der Waals surface area contributed by atoms with E-state index in [9.17, 15) is 13.2 Å². The molecule has 3 aromatic rings. The lowest BCUT2D eigenvalue weighted by molar-refractivity contribution is -0.117. The van der Waals surface area contributed by atoms with E-state index in [0.717, 1.165) is 22.6 Å². The monoisotopic (exact) mass is 464 g/mol. The highest BCUT2D eigenvalue weighted by Crippen LogP contribution is 2.20. The lowest BCUT2D eigenvalue weighted by Crippen LogP contribution is -2.50. The molecule has 172 valence electrons. The fourth-order valence-electron chi connectivity index (χ4n) is 3.72. The quantitative estimate of drug-likeness (QED) is 0.557. The Hall–Kier alpha value is -3.20. The van der Waals surface area contributed by atoms with Crippen LogP contribution in [0.1, 0.15) is 5.56 Å². The van der Waals surface area contributed by atoms with E-state index < -0.39 is 10.0 Å². The number of benzene rings is 3. The summed E-state index contributed by atoms with van der Waals surface area (Å²) in [5.74, 6) is -0.117. The SMILES string of the molecule is Cc1ccc(S(=O)(=O)N2CCN(CC(=O)Nc3ccc(Nc4ccccc4)cc3)CC2)cc1. The molecule has 4 rings (SSSR count). The fraction of sp³-hybridized carbons (Fsp3) is 0.240. The molecule has 3 aromatic carbocycles. The number of piperazine rings is 1. The van der Waals surface area contributed by atoms with Crippen LogP contribution in [0.25, 0.3) is 0 Å². The molecule has 0 aliphatic carbocycles. The van der Waals surface area contributed by atoms with Crippen LogP contribution in [-0.2, 0) is 14.8 Å². The van der Waals surface area contributed by atoms with Crippen LogP contribution in [0, 0.1) is 6.92 Å². The third kappa shape index (κ3) is 5.98. The van der Waals surface area contributed by atoms with Crippen LogP contribution in [0.3, 0.4) is 0 Å². The van der Waals surface area contributed by atoms with E-state index in [-0.39, 0.29) is 12.5 Å². The van der Waals surface area contributed by atoms with Crippen molar-refractivity contribution < 1.29 is 13.2 Å². The van der Waals surface area contributed by atoms with Crippen LogP contribution in [0.2, 0.25) is 0 Å². The lowest BCUT2D eigenvalue weighted by atomic mass is 10.2. The first-order valence-electron chi connectivity index (χ1n) is 10.9. The molecule has 1 aliphatic rings. The number of carbonyl (C=O) groups excluding carboxylic acids is 1. The van der Waals surface area contributed by atoms with Crippen molar-refractivity contribution in [2.24, 2.45) is 0 Å². The number of para-hydroxylation sites is 1. The molecule has 0 radical (unpaired) electrons. The van der Waals surface area contributed by atoms with Gasteiger partial charge in [-0.25, -0.2) is 8.42 Å². The maximum absolute atomic E-state index is 12.8. The Kier molecular flexibility index (Phi) is 7.08. The standard InChI is InChI=1S/C25H28N4O3S/c1-20-7-13-24(14-8-20)33(31,32)29-17-15-28(16-18-29)19-25(30)27-23-11-9-22(10-12-23)26-21-5-3-2-4-6-21/h2-14,26H,15-19H2,1H3,(H,27,30). The molecule has 2 N–H and O–H groups in total. The van der Waals surface area contributed by atoms with Crippen LogP contribution in [0.15, 0.2) is 83.8 Å². The average Bonchev–Trinajstić information content (AvgIpc) is 2.82. The van der Waals surface area contributed by atoms with E-state index >= 15 is 0 Å². The van der Waals surface area contributed by atoms with Gasteiger partial charge in [-0.05, 0) is 55.5 Å². The van der Waals surface area contributed by atoms with E-state index in [2.05, 4.69) is 10.6 Å². The summed E-state index contributed by atoms with van der Waals surface area (Å²) in [4.78, 5) is 14.8. The Morgan fingerprint density at radius 2 is 1.36 bits per heavy atom. The smallest absolute Gasteiger partial charge is 0.243 e. The topological polar surface area (TPSA) is 81.8 Å². The highest BCUT2D eigenvalue weighted by Gasteiger charge is 2.29. The molecule has 7 nitrogen and oxygen atoms in total. The summed E-state index contributed by atoms with van der Waals surface area (Å²) < 4.78 is 27.2. The third-order valence-corrected chi connectivity index (χ3v) is 7.50. The van der Waals surface area contributed by atoms with Gasteiger partial charge in [0.1, 0.15) is 0 Å². The van der Waals surface area contributed by atoms with Crippen LogP contribution in [0.5, 0.6) is 0 Å². The minimum atomic E-state index is -3.51. The molecule has 1 saturated heterocycles. The molecule has 1 heterocycles. The Morgan fingerprint density at radius 3 is 2.00 bits per heavy atom. The number of hydrogen-bond donors (Lipinski definition) is 2. The van der Waals surface area contributed by atoms with Crippen molar-refractivity contribution in [1.82, 2.24) is 9.21 Å². The Labute approximate surface area is 195 Å². The molecular weight excluding hydrogens is 436 g/mol. The number of anilines is 3. The second-order valence-corrected chi connectivity index (χ2v) is 10.0. The molecular formula is C25H28N4O3S. The van der Waals surface area contributed by atoms with E-state index in [1.165, 1.54) is 4.31 Å². The normalized spacial score (nSPS) is 15.2. The molecule has 0 bridgehead atoms. The van der Waals surface area contributed by atoms with Crippen molar-refractivity contribution in [3.8, 4) is 0 Å². The van der Waals surface area contributed by atoms with Gasteiger partial charge in [0.2, 0.25) is 15.9 Å². The van der Waals surface area contributed by atoms with E-state index in [1.54, 1.807) is 24.3 Å². The number of rotatable bonds is 7. The largest absolute Gasteiger partial charge is 0.356 e. The van der Waals surface area contributed by atoms with E-state index in [0.29, 0.717) is 31.1 Å². The van der Waals surface area contributed by atoms with Crippen molar-refractivity contribution in [2.45, 2.75) is 11.8 Å². The number of nitrogens with zero attached hydrogens (tertiary/aromatic N) is 2. The van der Waals surface area contributed by atoms with Crippen LogP contribution >= 0.6 is 0 Å². The Balaban J connectivity index is 1.26. The van der Waals surface area contributed by atoms with E-state index in [1.807, 2.05) is 66.4 Å². The van der Waals surface area contributed by atoms with Crippen molar-refractivity contribution in [3.63, 3.8) is 0 Å². The number of nitrogens with one attached hydrogen (secondary N) is 2. The first-order chi connectivity index (χ1) is 15.9. The number of carbonyl (C=O) groups is 1. The second-order valence-electron chi connectivity index (χ2n) is 8.11. The molecule has 0 unspecified atom stereocenters. The molecule has 1 fully saturated rings. The van der Waals surface area contributed by atoms with Gasteiger partial charge in [-0.15, -0.1) is 0 Å². The summed E-state index contributed by atoms with van der Waals surface area (Å²) in [6.07, 6.45) is 0. The minimum absolute atomic E-state index is 0.117. The van der Waals surface area contributed by atoms with Gasteiger partial charge in [0.05, 0.1) is 11.4 Å². The summed E-state index contributed by atoms with van der Waals surface area (Å²) in [6.45, 7) is 3.90. The first kappa shape index (κ1) is 23.0. The molecule has 33 heavy (non-hydrogen) atoms. The van der Waals surface area contributed by atoms with Crippen LogP contribution < -0.4 is 10.6 Å². The molecule has 0 saturated carbocycles. The van der Waals surface area contributed by atoms with Crippen molar-refractivity contribution in [1.29, 1.82) is 0 Å². The maximum Gasteiger partial charge on any atom is 0.243 e. The predicted molar refractivity (Wildman–Crippen MR) is 131 cm³/mol. The highest BCUT2D eigenvalue weighted by atomic mass is 32.2. The third-order valence-electron chi connectivity index (χ3n) is 5.59. The van der Waals surface area contributed by atoms with Gasteiger partial charge in [0.15, 0.2) is 0 Å². The summed E-state index contributed by atoms with van der Waals surface area (Å²) in [7, 11) is -3.51. The number of hydrogen-bond acceptors (Lipinski definition) is 5. The summed E-state index contributed by atoms with van der Waals surface area (Å²) in [6, 6.07) is 24.3. The number of amides is 1. The number of sulfonamides is 1. The van der Waals surface area contributed by atoms with Crippen molar-refractivity contribution >= 4 is 33.0 Å².